The van der Waals surface area contributed by atoms with Gasteiger partial charge in [0.05, 0.1) is 20.5 Å². The summed E-state index contributed by atoms with van der Waals surface area (Å²) in [5, 5.41) is 13.1. The van der Waals surface area contributed by atoms with Crippen LogP contribution in [0.5, 0.6) is 17.2 Å². The summed E-state index contributed by atoms with van der Waals surface area (Å²) in [6.45, 7) is 1.32. The lowest BCUT2D eigenvalue weighted by atomic mass is 10.2. The number of nitrogens with one attached hydrogen (secondary N) is 2. The maximum absolute atomic E-state index is 9.81. The monoisotopic (exact) mass is 263 g/mol. The van der Waals surface area contributed by atoms with Crippen molar-refractivity contribution in [1.82, 2.24) is 15.3 Å². The Morgan fingerprint density at radius 3 is 2.42 bits per heavy atom. The van der Waals surface area contributed by atoms with Gasteiger partial charge < -0.3 is 24.9 Å². The third-order valence-corrected chi connectivity index (χ3v) is 2.74. The Bertz CT molecular complexity index is 501. The fraction of sp³-hybridized carbons (Fsp3) is 0.308. The molecule has 0 saturated carbocycles. The van der Waals surface area contributed by atoms with E-state index in [9.17, 15) is 5.11 Å². The minimum atomic E-state index is 0.0160. The molecule has 1 aromatic heterocycles. The van der Waals surface area contributed by atoms with Crippen LogP contribution in [0.4, 0.5) is 0 Å². The van der Waals surface area contributed by atoms with Crippen LogP contribution in [0.25, 0.3) is 0 Å². The molecule has 2 rings (SSSR count). The van der Waals surface area contributed by atoms with Crippen molar-refractivity contribution in [3.05, 3.63) is 35.9 Å². The summed E-state index contributed by atoms with van der Waals surface area (Å²) in [5.41, 5.74) is 1.98. The number of phenolic OH excluding ortho intramolecular Hbond substituents is 1. The first-order valence-electron chi connectivity index (χ1n) is 5.86. The minimum absolute atomic E-state index is 0.0160. The van der Waals surface area contributed by atoms with E-state index in [0.29, 0.717) is 24.6 Å². The van der Waals surface area contributed by atoms with Gasteiger partial charge in [0.2, 0.25) is 5.75 Å². The van der Waals surface area contributed by atoms with Gasteiger partial charge in [-0.3, -0.25) is 0 Å². The van der Waals surface area contributed by atoms with Crippen molar-refractivity contribution < 1.29 is 14.6 Å². The molecular formula is C13H17N3O3. The van der Waals surface area contributed by atoms with Gasteiger partial charge in [0, 0.05) is 25.0 Å². The van der Waals surface area contributed by atoms with E-state index >= 15 is 0 Å². The normalized spacial score (nSPS) is 10.4. The van der Waals surface area contributed by atoms with Gasteiger partial charge in [-0.05, 0) is 17.7 Å². The van der Waals surface area contributed by atoms with Gasteiger partial charge in [0.1, 0.15) is 0 Å². The van der Waals surface area contributed by atoms with Crippen LogP contribution in [0.2, 0.25) is 0 Å². The first-order chi connectivity index (χ1) is 9.24. The molecule has 0 spiro atoms. The molecule has 2 aromatic rings. The van der Waals surface area contributed by atoms with Crippen LogP contribution in [0.15, 0.2) is 24.7 Å². The highest BCUT2D eigenvalue weighted by Gasteiger charge is 2.10. The highest BCUT2D eigenvalue weighted by Crippen LogP contribution is 2.36. The third-order valence-electron chi connectivity index (χ3n) is 2.74. The fourth-order valence-electron chi connectivity index (χ4n) is 1.77. The van der Waals surface area contributed by atoms with E-state index in [1.807, 2.05) is 0 Å². The molecule has 0 bridgehead atoms. The van der Waals surface area contributed by atoms with Crippen LogP contribution >= 0.6 is 0 Å². The van der Waals surface area contributed by atoms with Gasteiger partial charge in [-0.15, -0.1) is 0 Å². The molecule has 6 nitrogen and oxygen atoms in total. The molecule has 1 aromatic carbocycles. The second-order valence-corrected chi connectivity index (χ2v) is 4.03. The number of H-pyrrole nitrogens is 1. The van der Waals surface area contributed by atoms with Crippen molar-refractivity contribution in [3.8, 4) is 17.2 Å². The van der Waals surface area contributed by atoms with E-state index in [2.05, 4.69) is 15.3 Å². The Morgan fingerprint density at radius 2 is 1.89 bits per heavy atom. The summed E-state index contributed by atoms with van der Waals surface area (Å²) in [6, 6.07) is 3.55. The average molecular weight is 263 g/mol. The second-order valence-electron chi connectivity index (χ2n) is 4.03. The molecule has 0 unspecified atom stereocenters. The molecule has 0 aliphatic heterocycles. The largest absolute Gasteiger partial charge is 0.502 e. The number of aromatic nitrogens is 2. The molecule has 0 saturated heterocycles. The molecule has 6 heteroatoms. The maximum atomic E-state index is 9.81. The van der Waals surface area contributed by atoms with E-state index in [4.69, 9.17) is 9.47 Å². The molecule has 0 fully saturated rings. The molecule has 19 heavy (non-hydrogen) atoms. The molecule has 0 amide bonds. The lowest BCUT2D eigenvalue weighted by Gasteiger charge is -2.11. The van der Waals surface area contributed by atoms with Crippen LogP contribution < -0.4 is 14.8 Å². The molecule has 102 valence electrons. The van der Waals surface area contributed by atoms with Crippen molar-refractivity contribution >= 4 is 0 Å². The summed E-state index contributed by atoms with van der Waals surface area (Å²) in [6.07, 6.45) is 3.41. The SMILES string of the molecule is COc1cc(CNCc2cnc[nH]2)cc(OC)c1O. The molecule has 0 atom stereocenters. The van der Waals surface area contributed by atoms with Crippen molar-refractivity contribution in [2.75, 3.05) is 14.2 Å². The predicted molar refractivity (Wildman–Crippen MR) is 70.3 cm³/mol. The summed E-state index contributed by atoms with van der Waals surface area (Å²) in [4.78, 5) is 6.96. The zero-order chi connectivity index (χ0) is 13.7. The topological polar surface area (TPSA) is 79.4 Å². The number of hydrogen-bond acceptors (Lipinski definition) is 5. The first kappa shape index (κ1) is 13.2. The lowest BCUT2D eigenvalue weighted by Crippen LogP contribution is -2.13. The number of phenols is 1. The predicted octanol–water partition coefficient (Wildman–Crippen LogP) is 1.42. The van der Waals surface area contributed by atoms with Crippen molar-refractivity contribution in [3.63, 3.8) is 0 Å². The van der Waals surface area contributed by atoms with E-state index in [1.54, 1.807) is 24.7 Å². The number of aromatic amines is 1. The minimum Gasteiger partial charge on any atom is -0.502 e. The number of rotatable bonds is 6. The Kier molecular flexibility index (Phi) is 4.25. The number of hydrogen-bond donors (Lipinski definition) is 3. The molecule has 3 N–H and O–H groups in total. The van der Waals surface area contributed by atoms with Gasteiger partial charge in [0.25, 0.3) is 0 Å². The van der Waals surface area contributed by atoms with E-state index in [0.717, 1.165) is 11.3 Å². The number of methoxy groups -OCH3 is 2. The van der Waals surface area contributed by atoms with Gasteiger partial charge in [-0.25, -0.2) is 4.98 Å². The van der Waals surface area contributed by atoms with Crippen LogP contribution in [-0.2, 0) is 13.1 Å². The number of imidazole rings is 1. The maximum Gasteiger partial charge on any atom is 0.200 e. The quantitative estimate of drug-likeness (QED) is 0.734. The van der Waals surface area contributed by atoms with Crippen molar-refractivity contribution in [2.45, 2.75) is 13.1 Å². The summed E-state index contributed by atoms with van der Waals surface area (Å²) in [7, 11) is 3.02. The number of nitrogens with zero attached hydrogens (tertiary/aromatic N) is 1. The van der Waals surface area contributed by atoms with Gasteiger partial charge >= 0.3 is 0 Å². The average Bonchev–Trinajstić information content (AvgIpc) is 2.93. The highest BCUT2D eigenvalue weighted by molar-refractivity contribution is 5.52. The van der Waals surface area contributed by atoms with E-state index in [-0.39, 0.29) is 5.75 Å². The lowest BCUT2D eigenvalue weighted by molar-refractivity contribution is 0.339. The van der Waals surface area contributed by atoms with Crippen LogP contribution in [0.3, 0.4) is 0 Å². The Labute approximate surface area is 111 Å². The highest BCUT2D eigenvalue weighted by atomic mass is 16.5. The van der Waals surface area contributed by atoms with Gasteiger partial charge in [-0.1, -0.05) is 0 Å². The standard InChI is InChI=1S/C13H17N3O3/c1-18-11-3-9(4-12(19-2)13(11)17)5-14-6-10-7-15-8-16-10/h3-4,7-8,14,17H,5-6H2,1-2H3,(H,15,16). The second kappa shape index (κ2) is 6.10. The first-order valence-corrected chi connectivity index (χ1v) is 5.86. The smallest absolute Gasteiger partial charge is 0.200 e. The molecule has 0 aliphatic rings. The van der Waals surface area contributed by atoms with E-state index in [1.165, 1.54) is 14.2 Å². The summed E-state index contributed by atoms with van der Waals surface area (Å²) >= 11 is 0. The number of aromatic hydroxyl groups is 1. The Balaban J connectivity index is 2.03. The molecule has 0 radical (unpaired) electrons. The third kappa shape index (κ3) is 3.17. The van der Waals surface area contributed by atoms with Crippen molar-refractivity contribution in [2.24, 2.45) is 0 Å². The number of ether oxygens (including phenoxy) is 2. The molecule has 0 aliphatic carbocycles. The molecular weight excluding hydrogens is 246 g/mol. The van der Waals surface area contributed by atoms with Crippen LogP contribution in [-0.4, -0.2) is 29.3 Å². The molecule has 1 heterocycles. The summed E-state index contributed by atoms with van der Waals surface area (Å²) in [5.74, 6) is 0.817. The number of benzene rings is 1. The zero-order valence-electron chi connectivity index (χ0n) is 10.9. The fourth-order valence-corrected chi connectivity index (χ4v) is 1.77. The van der Waals surface area contributed by atoms with Crippen LogP contribution in [0, 0.1) is 0 Å². The van der Waals surface area contributed by atoms with Gasteiger partial charge in [0.15, 0.2) is 11.5 Å². The summed E-state index contributed by atoms with van der Waals surface area (Å²) < 4.78 is 10.2. The van der Waals surface area contributed by atoms with Gasteiger partial charge in [-0.2, -0.15) is 0 Å². The van der Waals surface area contributed by atoms with Crippen LogP contribution in [0.1, 0.15) is 11.3 Å². The van der Waals surface area contributed by atoms with Crippen molar-refractivity contribution in [1.29, 1.82) is 0 Å². The Morgan fingerprint density at radius 1 is 1.21 bits per heavy atom. The Hall–Kier alpha value is -2.21. The zero-order valence-corrected chi connectivity index (χ0v) is 10.9. The van der Waals surface area contributed by atoms with E-state index < -0.39 is 0 Å².